The number of rotatable bonds is 9. The number of aromatic nitrogens is 1. The predicted octanol–water partition coefficient (Wildman–Crippen LogP) is 4.21. The third-order valence-corrected chi connectivity index (χ3v) is 5.24. The molecule has 0 bridgehead atoms. The summed E-state index contributed by atoms with van der Waals surface area (Å²) in [5.41, 5.74) is 0.735. The van der Waals surface area contributed by atoms with Crippen LogP contribution < -0.4 is 9.64 Å². The van der Waals surface area contributed by atoms with Gasteiger partial charge < -0.3 is 18.8 Å². The molecule has 2 heterocycles. The number of benzene rings is 1. The van der Waals surface area contributed by atoms with Crippen LogP contribution in [0.25, 0.3) is 10.8 Å². The molecule has 2 aromatic heterocycles. The first-order valence-corrected chi connectivity index (χ1v) is 10.4. The van der Waals surface area contributed by atoms with Crippen molar-refractivity contribution in [3.8, 4) is 22.6 Å². The fourth-order valence-electron chi connectivity index (χ4n) is 2.81. The van der Waals surface area contributed by atoms with Crippen molar-refractivity contribution in [2.75, 3.05) is 24.7 Å². The highest BCUT2D eigenvalue weighted by Gasteiger charge is 2.22. The van der Waals surface area contributed by atoms with Crippen LogP contribution in [-0.4, -0.2) is 36.6 Å². The number of anilines is 1. The fourth-order valence-corrected chi connectivity index (χ4v) is 3.68. The van der Waals surface area contributed by atoms with Crippen LogP contribution in [0.4, 0.5) is 5.69 Å². The Hall–Kier alpha value is -3.64. The van der Waals surface area contributed by atoms with E-state index in [0.29, 0.717) is 33.7 Å². The minimum Gasteiger partial charge on any atom is -0.494 e. The number of thiazole rings is 1. The summed E-state index contributed by atoms with van der Waals surface area (Å²) in [5, 5.41) is 9.49. The molecule has 0 fully saturated rings. The van der Waals surface area contributed by atoms with Crippen LogP contribution in [0.2, 0.25) is 0 Å². The molecule has 0 aliphatic rings. The maximum atomic E-state index is 12.7. The Kier molecular flexibility index (Phi) is 7.40. The standard InChI is InChI=1S/C22H21N3O5S/c1-3-28-17-9-7-16(8-10-17)25(12-5-11-23)19(26)14-30-22(27)20-15(2)31-21(24-20)18-6-4-13-29-18/h4,6-10,13H,3,5,12,14H2,1-2H3. The summed E-state index contributed by atoms with van der Waals surface area (Å²) < 4.78 is 15.9. The molecule has 160 valence electrons. The van der Waals surface area contributed by atoms with E-state index in [4.69, 9.17) is 19.2 Å². The Morgan fingerprint density at radius 2 is 2.03 bits per heavy atom. The van der Waals surface area contributed by atoms with Gasteiger partial charge in [-0.05, 0) is 50.2 Å². The Balaban J connectivity index is 1.67. The number of hydrogen-bond donors (Lipinski definition) is 0. The molecule has 0 N–H and O–H groups in total. The number of ether oxygens (including phenoxy) is 2. The van der Waals surface area contributed by atoms with Gasteiger partial charge in [-0.2, -0.15) is 5.26 Å². The van der Waals surface area contributed by atoms with Gasteiger partial charge in [0, 0.05) is 17.1 Å². The Morgan fingerprint density at radius 1 is 1.26 bits per heavy atom. The number of aryl methyl sites for hydroxylation is 1. The lowest BCUT2D eigenvalue weighted by molar-refractivity contribution is -0.121. The molecule has 3 rings (SSSR count). The molecule has 0 aliphatic heterocycles. The third-order valence-electron chi connectivity index (χ3n) is 4.26. The van der Waals surface area contributed by atoms with Gasteiger partial charge in [-0.15, -0.1) is 11.3 Å². The topological polar surface area (TPSA) is 106 Å². The van der Waals surface area contributed by atoms with Crippen molar-refractivity contribution < 1.29 is 23.5 Å². The Bertz CT molecular complexity index is 1070. The number of hydrogen-bond acceptors (Lipinski definition) is 8. The van der Waals surface area contributed by atoms with E-state index >= 15 is 0 Å². The molecule has 0 spiro atoms. The van der Waals surface area contributed by atoms with Gasteiger partial charge in [-0.3, -0.25) is 4.79 Å². The van der Waals surface area contributed by atoms with Crippen LogP contribution in [0.1, 0.15) is 28.7 Å². The van der Waals surface area contributed by atoms with E-state index in [-0.39, 0.29) is 18.7 Å². The first kappa shape index (κ1) is 22.1. The first-order valence-electron chi connectivity index (χ1n) is 9.62. The minimum absolute atomic E-state index is 0.143. The van der Waals surface area contributed by atoms with Crippen molar-refractivity contribution in [1.29, 1.82) is 5.26 Å². The van der Waals surface area contributed by atoms with Gasteiger partial charge in [0.2, 0.25) is 0 Å². The molecule has 0 radical (unpaired) electrons. The molecule has 1 aromatic carbocycles. The first-order chi connectivity index (χ1) is 15.0. The molecule has 0 unspecified atom stereocenters. The average Bonchev–Trinajstić information content (AvgIpc) is 3.43. The minimum atomic E-state index is -0.688. The van der Waals surface area contributed by atoms with E-state index in [1.165, 1.54) is 22.5 Å². The molecular weight excluding hydrogens is 418 g/mol. The summed E-state index contributed by atoms with van der Waals surface area (Å²) in [6, 6.07) is 12.4. The van der Waals surface area contributed by atoms with E-state index < -0.39 is 18.5 Å². The van der Waals surface area contributed by atoms with Gasteiger partial charge in [0.25, 0.3) is 5.91 Å². The van der Waals surface area contributed by atoms with Crippen LogP contribution in [0, 0.1) is 18.3 Å². The summed E-state index contributed by atoms with van der Waals surface area (Å²) in [7, 11) is 0. The number of carbonyl (C=O) groups excluding carboxylic acids is 2. The second kappa shape index (κ2) is 10.4. The summed E-state index contributed by atoms with van der Waals surface area (Å²) in [6.07, 6.45) is 1.67. The summed E-state index contributed by atoms with van der Waals surface area (Å²) in [4.78, 5) is 31.6. The highest BCUT2D eigenvalue weighted by Crippen LogP contribution is 2.28. The number of nitriles is 1. The second-order valence-corrected chi connectivity index (χ2v) is 7.56. The molecule has 1 amide bonds. The average molecular weight is 439 g/mol. The lowest BCUT2D eigenvalue weighted by atomic mass is 10.2. The number of furan rings is 1. The zero-order valence-electron chi connectivity index (χ0n) is 17.2. The molecule has 0 saturated heterocycles. The number of nitrogens with zero attached hydrogens (tertiary/aromatic N) is 3. The molecule has 3 aromatic rings. The molecule has 0 saturated carbocycles. The predicted molar refractivity (Wildman–Crippen MR) is 115 cm³/mol. The van der Waals surface area contributed by atoms with Gasteiger partial charge in [0.05, 0.1) is 25.4 Å². The fraction of sp³-hybridized carbons (Fsp3) is 0.273. The van der Waals surface area contributed by atoms with E-state index in [9.17, 15) is 9.59 Å². The summed E-state index contributed by atoms with van der Waals surface area (Å²) >= 11 is 1.31. The highest BCUT2D eigenvalue weighted by atomic mass is 32.1. The molecule has 0 aliphatic carbocycles. The molecule has 8 nitrogen and oxygen atoms in total. The van der Waals surface area contributed by atoms with E-state index in [1.807, 2.05) is 13.0 Å². The molecule has 0 atom stereocenters. The van der Waals surface area contributed by atoms with Gasteiger partial charge in [0.15, 0.2) is 23.1 Å². The largest absolute Gasteiger partial charge is 0.494 e. The zero-order valence-corrected chi connectivity index (χ0v) is 18.0. The van der Waals surface area contributed by atoms with Crippen LogP contribution in [0.15, 0.2) is 47.1 Å². The van der Waals surface area contributed by atoms with Gasteiger partial charge in [-0.1, -0.05) is 0 Å². The number of esters is 1. The van der Waals surface area contributed by atoms with E-state index in [1.54, 1.807) is 43.3 Å². The van der Waals surface area contributed by atoms with Crippen LogP contribution in [0.5, 0.6) is 5.75 Å². The van der Waals surface area contributed by atoms with Crippen molar-refractivity contribution in [3.63, 3.8) is 0 Å². The summed E-state index contributed by atoms with van der Waals surface area (Å²) in [6.45, 7) is 3.88. The van der Waals surface area contributed by atoms with E-state index in [2.05, 4.69) is 4.98 Å². The maximum Gasteiger partial charge on any atom is 0.358 e. The van der Waals surface area contributed by atoms with Crippen LogP contribution >= 0.6 is 11.3 Å². The smallest absolute Gasteiger partial charge is 0.358 e. The van der Waals surface area contributed by atoms with Crippen LogP contribution in [-0.2, 0) is 9.53 Å². The third kappa shape index (κ3) is 5.49. The highest BCUT2D eigenvalue weighted by molar-refractivity contribution is 7.15. The SMILES string of the molecule is CCOc1ccc(N(CCC#N)C(=O)COC(=O)c2nc(-c3ccco3)sc2C)cc1. The maximum absolute atomic E-state index is 12.7. The van der Waals surface area contributed by atoms with Crippen molar-refractivity contribution in [3.05, 3.63) is 53.2 Å². The Labute approximate surface area is 183 Å². The Morgan fingerprint density at radius 3 is 2.68 bits per heavy atom. The number of carbonyl (C=O) groups is 2. The van der Waals surface area contributed by atoms with Crippen molar-refractivity contribution in [2.45, 2.75) is 20.3 Å². The zero-order chi connectivity index (χ0) is 22.2. The van der Waals surface area contributed by atoms with E-state index in [0.717, 1.165) is 0 Å². The monoisotopic (exact) mass is 439 g/mol. The van der Waals surface area contributed by atoms with Gasteiger partial charge in [0.1, 0.15) is 5.75 Å². The lowest BCUT2D eigenvalue weighted by Crippen LogP contribution is -2.35. The molecule has 31 heavy (non-hydrogen) atoms. The van der Waals surface area contributed by atoms with Gasteiger partial charge >= 0.3 is 5.97 Å². The van der Waals surface area contributed by atoms with Gasteiger partial charge in [-0.25, -0.2) is 9.78 Å². The quantitative estimate of drug-likeness (QED) is 0.460. The normalized spacial score (nSPS) is 10.4. The lowest BCUT2D eigenvalue weighted by Gasteiger charge is -2.22. The molecular formula is C22H21N3O5S. The van der Waals surface area contributed by atoms with Crippen molar-refractivity contribution >= 4 is 28.9 Å². The molecule has 9 heteroatoms. The second-order valence-electron chi connectivity index (χ2n) is 6.36. The van der Waals surface area contributed by atoms with Crippen molar-refractivity contribution in [2.24, 2.45) is 0 Å². The summed E-state index contributed by atoms with van der Waals surface area (Å²) in [5.74, 6) is 0.108. The van der Waals surface area contributed by atoms with Crippen molar-refractivity contribution in [1.82, 2.24) is 4.98 Å². The van der Waals surface area contributed by atoms with Crippen LogP contribution in [0.3, 0.4) is 0 Å². The number of amides is 1.